The summed E-state index contributed by atoms with van der Waals surface area (Å²) in [6, 6.07) is 4.92. The van der Waals surface area contributed by atoms with Crippen LogP contribution >= 0.6 is 0 Å². The third kappa shape index (κ3) is 16.1. The highest BCUT2D eigenvalue weighted by atomic mass is 19.1. The normalized spacial score (nSPS) is 16.3. The zero-order valence-electron chi connectivity index (χ0n) is 48.1. The molecule has 2 aromatic heterocycles. The molecule has 0 bridgehead atoms. The Morgan fingerprint density at radius 1 is 0.906 bits per heavy atom. The van der Waals surface area contributed by atoms with E-state index in [1.165, 1.54) is 45.9 Å². The van der Waals surface area contributed by atoms with Crippen LogP contribution in [-0.4, -0.2) is 160 Å². The van der Waals surface area contributed by atoms with E-state index >= 15 is 4.39 Å². The number of nitrogens with one attached hydrogen (secondary N) is 4. The number of aryl methyl sites for hydroxylation is 1. The number of amides is 6. The number of halogens is 1. The molecule has 0 saturated carbocycles. The molecular formula is C57H74FN11O16. The maximum Gasteiger partial charge on any atom is 0.412 e. The van der Waals surface area contributed by atoms with Crippen LogP contribution in [0.4, 0.5) is 25.4 Å². The molecule has 27 nitrogen and oxygen atoms in total. The molecule has 460 valence electrons. The van der Waals surface area contributed by atoms with E-state index in [1.54, 1.807) is 27.7 Å². The molecule has 0 unspecified atom stereocenters. The second-order valence-corrected chi connectivity index (χ2v) is 20.7. The molecular weight excluding hydrogens is 1110 g/mol. The number of urea groups is 1. The first-order valence-electron chi connectivity index (χ1n) is 28.2. The molecule has 1 aliphatic carbocycles. The predicted molar refractivity (Wildman–Crippen MR) is 305 cm³/mol. The van der Waals surface area contributed by atoms with Crippen molar-refractivity contribution in [3.05, 3.63) is 96.4 Å². The van der Waals surface area contributed by atoms with Gasteiger partial charge in [-0.3, -0.25) is 24.1 Å². The highest BCUT2D eigenvalue weighted by Crippen LogP contribution is 2.48. The highest BCUT2D eigenvalue weighted by Gasteiger charge is 2.46. The van der Waals surface area contributed by atoms with Crippen molar-refractivity contribution in [3.63, 3.8) is 0 Å². The van der Waals surface area contributed by atoms with Crippen molar-refractivity contribution in [1.29, 1.82) is 0 Å². The van der Waals surface area contributed by atoms with Crippen LogP contribution in [0, 0.1) is 18.7 Å². The summed E-state index contributed by atoms with van der Waals surface area (Å²) in [7, 11) is 0. The molecule has 7 rings (SSSR count). The summed E-state index contributed by atoms with van der Waals surface area (Å²) in [5.41, 5.74) is 14.4. The molecule has 3 aliphatic rings. The number of benzene rings is 2. The Balaban J connectivity index is 0.941. The van der Waals surface area contributed by atoms with Crippen molar-refractivity contribution in [2.75, 3.05) is 103 Å². The van der Waals surface area contributed by atoms with Gasteiger partial charge in [-0.2, -0.15) is 0 Å². The molecule has 4 aromatic rings. The Bertz CT molecular complexity index is 3180. The fourth-order valence-corrected chi connectivity index (χ4v) is 10.5. The number of carbonyl (C=O) groups excluding carboxylic acids is 5. The molecule has 28 heteroatoms. The minimum atomic E-state index is -2.10. The third-order valence-corrected chi connectivity index (χ3v) is 14.9. The van der Waals surface area contributed by atoms with Gasteiger partial charge < -0.3 is 74.9 Å². The van der Waals surface area contributed by atoms with E-state index in [2.05, 4.69) is 31.3 Å². The maximum atomic E-state index is 15.7. The first kappa shape index (κ1) is 64.7. The van der Waals surface area contributed by atoms with Crippen LogP contribution in [-0.2, 0) is 77.5 Å². The van der Waals surface area contributed by atoms with Gasteiger partial charge >= 0.3 is 18.1 Å². The number of carboxylic acid groups (broad SMARTS) is 1. The van der Waals surface area contributed by atoms with Crippen molar-refractivity contribution in [2.24, 2.45) is 16.8 Å². The second-order valence-electron chi connectivity index (χ2n) is 20.7. The zero-order chi connectivity index (χ0) is 61.2. The number of nitrogens with two attached hydrogens (primary N) is 1. The van der Waals surface area contributed by atoms with Crippen LogP contribution in [0.25, 0.3) is 32.7 Å². The topological polar surface area (TPSA) is 369 Å². The van der Waals surface area contributed by atoms with Gasteiger partial charge in [0.25, 0.3) is 5.56 Å². The van der Waals surface area contributed by atoms with Gasteiger partial charge in [0.05, 0.1) is 114 Å². The number of primary amides is 1. The number of rotatable bonds is 34. The van der Waals surface area contributed by atoms with Crippen LogP contribution < -0.4 is 37.5 Å². The quantitative estimate of drug-likeness (QED) is 0.00979. The Morgan fingerprint density at radius 3 is 2.12 bits per heavy atom. The molecule has 2 aromatic carbocycles. The van der Waals surface area contributed by atoms with E-state index in [9.17, 15) is 43.8 Å². The van der Waals surface area contributed by atoms with Crippen LogP contribution in [0.15, 0.2) is 46.3 Å². The Labute approximate surface area is 488 Å². The molecule has 8 N–H and O–H groups in total. The van der Waals surface area contributed by atoms with Crippen molar-refractivity contribution in [1.82, 2.24) is 25.5 Å². The van der Waals surface area contributed by atoms with E-state index in [1.807, 2.05) is 0 Å². The Morgan fingerprint density at radius 2 is 1.53 bits per heavy atom. The van der Waals surface area contributed by atoms with Gasteiger partial charge in [0.15, 0.2) is 5.60 Å². The first-order valence-corrected chi connectivity index (χ1v) is 28.2. The summed E-state index contributed by atoms with van der Waals surface area (Å²) in [4.78, 5) is 102. The summed E-state index contributed by atoms with van der Waals surface area (Å²) in [6.07, 6.45) is -0.733. The Hall–Kier alpha value is -7.82. The summed E-state index contributed by atoms with van der Waals surface area (Å²) >= 11 is 0. The number of esters is 1. The number of fused-ring (bicyclic) bond motifs is 5. The molecule has 0 saturated heterocycles. The molecule has 2 aliphatic heterocycles. The lowest BCUT2D eigenvalue weighted by molar-refractivity contribution is -0.172. The molecule has 85 heavy (non-hydrogen) atoms. The largest absolute Gasteiger partial charge is 0.465 e. The van der Waals surface area contributed by atoms with Gasteiger partial charge in [-0.05, 0) is 97.5 Å². The minimum absolute atomic E-state index is 0.0375. The highest BCUT2D eigenvalue weighted by molar-refractivity contribution is 6.00. The van der Waals surface area contributed by atoms with Gasteiger partial charge in [0.1, 0.15) is 24.5 Å². The fourth-order valence-electron chi connectivity index (χ4n) is 10.5. The number of anilines is 2. The number of hydrogen-bond donors (Lipinski definition) is 7. The number of azide groups is 1. The number of ether oxygens (including phenoxy) is 7. The zero-order valence-corrected chi connectivity index (χ0v) is 48.1. The number of pyridine rings is 2. The van der Waals surface area contributed by atoms with Crippen molar-refractivity contribution >= 4 is 58.1 Å². The number of nitrogens with zero attached hydrogens (tertiary/aromatic N) is 6. The number of cyclic esters (lactones) is 1. The average molecular weight is 1190 g/mol. The van der Waals surface area contributed by atoms with E-state index in [-0.39, 0.29) is 124 Å². The molecule has 4 atom stereocenters. The lowest BCUT2D eigenvalue weighted by Crippen LogP contribution is -2.54. The van der Waals surface area contributed by atoms with Gasteiger partial charge in [-0.25, -0.2) is 23.8 Å². The predicted octanol–water partition coefficient (Wildman–Crippen LogP) is 4.51. The molecule has 4 heterocycles. The van der Waals surface area contributed by atoms with Crippen LogP contribution in [0.2, 0.25) is 0 Å². The van der Waals surface area contributed by atoms with Gasteiger partial charge in [-0.1, -0.05) is 25.9 Å². The van der Waals surface area contributed by atoms with Crippen LogP contribution in [0.5, 0.6) is 0 Å². The first-order chi connectivity index (χ1) is 40.9. The number of aliphatic hydroxyl groups is 1. The summed E-state index contributed by atoms with van der Waals surface area (Å²) in [5.74, 6) is -3.58. The van der Waals surface area contributed by atoms with Gasteiger partial charge in [0.2, 0.25) is 17.7 Å². The minimum Gasteiger partial charge on any atom is -0.465 e. The summed E-state index contributed by atoms with van der Waals surface area (Å²) < 4.78 is 55.0. The van der Waals surface area contributed by atoms with E-state index in [0.717, 1.165) is 0 Å². The smallest absolute Gasteiger partial charge is 0.412 e. The number of carbonyl (C=O) groups is 6. The van der Waals surface area contributed by atoms with Crippen molar-refractivity contribution in [3.8, 4) is 11.4 Å². The lowest BCUT2D eigenvalue weighted by Gasteiger charge is -2.36. The van der Waals surface area contributed by atoms with Gasteiger partial charge in [0, 0.05) is 58.4 Å². The number of aromatic nitrogens is 2. The lowest BCUT2D eigenvalue weighted by atomic mass is 9.81. The van der Waals surface area contributed by atoms with Crippen molar-refractivity contribution < 1.29 is 76.5 Å². The maximum absolute atomic E-state index is 15.7. The van der Waals surface area contributed by atoms with E-state index < -0.39 is 76.8 Å². The standard InChI is InChI=1S/C57H74FN11O16/c1-5-57(78)40-29-45-50-38(31-68(45)53(73)39(40)32-85-54(57)74)48-44(13-12-37-34(4)41(58)30-43(64-50)47(37)48)69(56(76)77)36-10-8-35(9-11-36)63-51(71)42(7-6-15-61-55(59)75)65-52(72)49(33(2)3)66-46(70)14-17-79-19-21-81-23-25-83-27-28-84-26-24-82-22-20-80-18-16-62-67-60/h8-11,29-30,33,42,44,49,78H,5-7,12-28,31-32H2,1-4H3,(H,63,71)(H,65,72)(H,66,70)(H,76,77)(H3,59,61,75)/t42-,44-,49-,57-/m0/s1. The van der Waals surface area contributed by atoms with Gasteiger partial charge in [-0.15, -0.1) is 0 Å². The SMILES string of the molecule is CC[C@@]1(O)C(=O)OCc2c1cc1n(c2=O)Cc2c-1nc1cc(F)c(C)c3c1c2[C@@H](N(C(=O)O)c1ccc(NC(=O)[C@H](CCCNC(N)=O)NC(=O)[C@@H](NC(=O)CCOCCOCCOCCOCCOCCOCCN=[N+]=[N-])C(C)C)cc1)CC3. The second kappa shape index (κ2) is 30.8. The average Bonchev–Trinajstić information content (AvgIpc) is 1.86. The summed E-state index contributed by atoms with van der Waals surface area (Å²) in [6.45, 7) is 10.5. The van der Waals surface area contributed by atoms with Crippen molar-refractivity contribution in [2.45, 2.75) is 103 Å². The monoisotopic (exact) mass is 1190 g/mol. The molecule has 0 radical (unpaired) electrons. The molecule has 0 spiro atoms. The fraction of sp³-hybridized carbons (Fsp3) is 0.544. The van der Waals surface area contributed by atoms with E-state index in [4.69, 9.17) is 49.4 Å². The van der Waals surface area contributed by atoms with Crippen LogP contribution in [0.3, 0.4) is 0 Å². The van der Waals surface area contributed by atoms with Crippen LogP contribution in [0.1, 0.15) is 92.3 Å². The molecule has 0 fully saturated rings. The Kier molecular flexibility index (Phi) is 23.5. The van der Waals surface area contributed by atoms with E-state index in [0.29, 0.717) is 87.1 Å². The third-order valence-electron chi connectivity index (χ3n) is 14.9. The number of hydrogen-bond acceptors (Lipinski definition) is 17. The summed E-state index contributed by atoms with van der Waals surface area (Å²) in [5, 5.41) is 37.2. The molecule has 6 amide bonds.